The van der Waals surface area contributed by atoms with E-state index in [-0.39, 0.29) is 23.7 Å². The summed E-state index contributed by atoms with van der Waals surface area (Å²) < 4.78 is 1.95. The summed E-state index contributed by atoms with van der Waals surface area (Å²) in [7, 11) is 0. The molecule has 0 aliphatic heterocycles. The van der Waals surface area contributed by atoms with Gasteiger partial charge in [-0.2, -0.15) is 0 Å². The van der Waals surface area contributed by atoms with Crippen LogP contribution >= 0.6 is 0 Å². The number of rotatable bonds is 8. The highest BCUT2D eigenvalue weighted by Crippen LogP contribution is 2.30. The lowest BCUT2D eigenvalue weighted by atomic mass is 9.78. The zero-order chi connectivity index (χ0) is 17.4. The molecule has 1 aromatic rings. The molecule has 24 heavy (non-hydrogen) atoms. The third-order valence-corrected chi connectivity index (χ3v) is 4.57. The van der Waals surface area contributed by atoms with Gasteiger partial charge in [-0.1, -0.05) is 26.7 Å². The molecule has 2 N–H and O–H groups in total. The fraction of sp³-hybridized carbons (Fsp3) is 0.765. The molecule has 1 aliphatic rings. The third-order valence-electron chi connectivity index (χ3n) is 4.57. The van der Waals surface area contributed by atoms with Gasteiger partial charge in [0.15, 0.2) is 5.82 Å². The molecule has 0 bridgehead atoms. The number of nitrogens with one attached hydrogen (secondary N) is 2. The van der Waals surface area contributed by atoms with Gasteiger partial charge in [-0.25, -0.2) is 0 Å². The Morgan fingerprint density at radius 1 is 1.12 bits per heavy atom. The largest absolute Gasteiger partial charge is 0.356 e. The van der Waals surface area contributed by atoms with Gasteiger partial charge in [0.05, 0.1) is 6.54 Å². The Morgan fingerprint density at radius 3 is 2.42 bits per heavy atom. The molecule has 0 radical (unpaired) electrons. The molecule has 134 valence electrons. The summed E-state index contributed by atoms with van der Waals surface area (Å²) in [6.45, 7) is 5.98. The predicted octanol–water partition coefficient (Wildman–Crippen LogP) is 1.64. The SMILES string of the molecule is CCCNC(=O)[C@@H]1CCCC[C@@H]1C(=O)NCc1nncn1CCC. The van der Waals surface area contributed by atoms with E-state index in [0.717, 1.165) is 50.9 Å². The molecule has 1 saturated carbocycles. The monoisotopic (exact) mass is 335 g/mol. The van der Waals surface area contributed by atoms with Gasteiger partial charge in [0.2, 0.25) is 11.8 Å². The molecule has 7 nitrogen and oxygen atoms in total. The number of amides is 2. The first-order chi connectivity index (χ1) is 11.7. The average molecular weight is 335 g/mol. The highest BCUT2D eigenvalue weighted by atomic mass is 16.2. The Hall–Kier alpha value is -1.92. The highest BCUT2D eigenvalue weighted by molar-refractivity contribution is 5.87. The molecule has 2 atom stereocenters. The van der Waals surface area contributed by atoms with Crippen LogP contribution < -0.4 is 10.6 Å². The molecule has 7 heteroatoms. The molecule has 2 rings (SSSR count). The lowest BCUT2D eigenvalue weighted by molar-refractivity contribution is -0.136. The van der Waals surface area contributed by atoms with Crippen LogP contribution in [0.4, 0.5) is 0 Å². The summed E-state index contributed by atoms with van der Waals surface area (Å²) in [5, 5.41) is 13.9. The van der Waals surface area contributed by atoms with Crippen molar-refractivity contribution < 1.29 is 9.59 Å². The van der Waals surface area contributed by atoms with Gasteiger partial charge in [-0.3, -0.25) is 9.59 Å². The van der Waals surface area contributed by atoms with Gasteiger partial charge >= 0.3 is 0 Å². The Bertz CT molecular complexity index is 543. The van der Waals surface area contributed by atoms with E-state index < -0.39 is 0 Å². The fourth-order valence-electron chi connectivity index (χ4n) is 3.28. The third kappa shape index (κ3) is 4.79. The van der Waals surface area contributed by atoms with Crippen molar-refractivity contribution in [2.75, 3.05) is 6.54 Å². The maximum Gasteiger partial charge on any atom is 0.224 e. The van der Waals surface area contributed by atoms with E-state index in [1.54, 1.807) is 6.33 Å². The minimum absolute atomic E-state index is 0.0193. The van der Waals surface area contributed by atoms with Gasteiger partial charge in [0.1, 0.15) is 6.33 Å². The summed E-state index contributed by atoms with van der Waals surface area (Å²) in [4.78, 5) is 24.9. The molecule has 0 spiro atoms. The van der Waals surface area contributed by atoms with Crippen LogP contribution in [0.5, 0.6) is 0 Å². The predicted molar refractivity (Wildman–Crippen MR) is 90.9 cm³/mol. The van der Waals surface area contributed by atoms with Crippen LogP contribution in [0, 0.1) is 11.8 Å². The van der Waals surface area contributed by atoms with Crippen molar-refractivity contribution in [3.63, 3.8) is 0 Å². The van der Waals surface area contributed by atoms with Crippen LogP contribution in [0.1, 0.15) is 58.2 Å². The highest BCUT2D eigenvalue weighted by Gasteiger charge is 2.35. The van der Waals surface area contributed by atoms with Gasteiger partial charge < -0.3 is 15.2 Å². The van der Waals surface area contributed by atoms with Crippen LogP contribution in [-0.4, -0.2) is 33.1 Å². The first-order valence-electron chi connectivity index (χ1n) is 9.09. The normalized spacial score (nSPS) is 20.6. The van der Waals surface area contributed by atoms with E-state index in [9.17, 15) is 9.59 Å². The molecule has 0 aromatic carbocycles. The zero-order valence-corrected chi connectivity index (χ0v) is 14.8. The minimum atomic E-state index is -0.238. The minimum Gasteiger partial charge on any atom is -0.356 e. The second-order valence-corrected chi connectivity index (χ2v) is 6.45. The quantitative estimate of drug-likeness (QED) is 0.756. The van der Waals surface area contributed by atoms with Gasteiger partial charge in [0, 0.05) is 24.9 Å². The van der Waals surface area contributed by atoms with E-state index in [0.29, 0.717) is 13.1 Å². The molecular weight excluding hydrogens is 306 g/mol. The van der Waals surface area contributed by atoms with E-state index in [4.69, 9.17) is 0 Å². The van der Waals surface area contributed by atoms with E-state index >= 15 is 0 Å². The van der Waals surface area contributed by atoms with Gasteiger partial charge in [-0.05, 0) is 25.7 Å². The Balaban J connectivity index is 1.93. The number of hydrogen-bond acceptors (Lipinski definition) is 4. The second-order valence-electron chi connectivity index (χ2n) is 6.45. The van der Waals surface area contributed by atoms with Gasteiger partial charge in [-0.15, -0.1) is 10.2 Å². The van der Waals surface area contributed by atoms with Crippen molar-refractivity contribution in [3.8, 4) is 0 Å². The van der Waals surface area contributed by atoms with E-state index in [2.05, 4.69) is 27.8 Å². The summed E-state index contributed by atoms with van der Waals surface area (Å²) >= 11 is 0. The molecule has 0 saturated heterocycles. The lowest BCUT2D eigenvalue weighted by Gasteiger charge is -2.29. The molecule has 1 aliphatic carbocycles. The standard InChI is InChI=1S/C17H29N5O2/c1-3-9-18-16(23)13-7-5-6-8-14(13)17(24)19-11-15-21-20-12-22(15)10-4-2/h12-14H,3-11H2,1-2H3,(H,18,23)(H,19,24)/t13-,14+/m1/s1. The first-order valence-corrected chi connectivity index (χ1v) is 9.09. The number of aromatic nitrogens is 3. The average Bonchev–Trinajstić information content (AvgIpc) is 3.05. The molecule has 1 fully saturated rings. The Kier molecular flexibility index (Phi) is 7.21. The molecule has 1 heterocycles. The van der Waals surface area contributed by atoms with Crippen molar-refractivity contribution in [2.24, 2.45) is 11.8 Å². The maximum atomic E-state index is 12.6. The second kappa shape index (κ2) is 9.39. The van der Waals surface area contributed by atoms with Crippen molar-refractivity contribution >= 4 is 11.8 Å². The van der Waals surface area contributed by atoms with Crippen LogP contribution in [-0.2, 0) is 22.7 Å². The number of carbonyl (C=O) groups excluding carboxylic acids is 2. The molecule has 1 aromatic heterocycles. The summed E-state index contributed by atoms with van der Waals surface area (Å²) in [6.07, 6.45) is 7.16. The smallest absolute Gasteiger partial charge is 0.224 e. The van der Waals surface area contributed by atoms with E-state index in [1.807, 2.05) is 11.5 Å². The Labute approximate surface area is 143 Å². The van der Waals surface area contributed by atoms with Gasteiger partial charge in [0.25, 0.3) is 0 Å². The number of nitrogens with zero attached hydrogens (tertiary/aromatic N) is 3. The summed E-state index contributed by atoms with van der Waals surface area (Å²) in [6, 6.07) is 0. The van der Waals surface area contributed by atoms with Crippen LogP contribution in [0.3, 0.4) is 0 Å². The van der Waals surface area contributed by atoms with E-state index in [1.165, 1.54) is 0 Å². The number of carbonyl (C=O) groups is 2. The summed E-state index contributed by atoms with van der Waals surface area (Å²) in [5.41, 5.74) is 0. The van der Waals surface area contributed by atoms with Crippen molar-refractivity contribution in [2.45, 2.75) is 65.5 Å². The van der Waals surface area contributed by atoms with Crippen molar-refractivity contribution in [3.05, 3.63) is 12.2 Å². The van der Waals surface area contributed by atoms with Crippen molar-refractivity contribution in [1.82, 2.24) is 25.4 Å². The maximum absolute atomic E-state index is 12.6. The lowest BCUT2D eigenvalue weighted by Crippen LogP contribution is -2.43. The summed E-state index contributed by atoms with van der Waals surface area (Å²) in [5.74, 6) is 0.285. The zero-order valence-electron chi connectivity index (χ0n) is 14.8. The van der Waals surface area contributed by atoms with Crippen LogP contribution in [0.2, 0.25) is 0 Å². The van der Waals surface area contributed by atoms with Crippen LogP contribution in [0.15, 0.2) is 6.33 Å². The number of hydrogen-bond donors (Lipinski definition) is 2. The molecule has 2 amide bonds. The topological polar surface area (TPSA) is 88.9 Å². The Morgan fingerprint density at radius 2 is 1.79 bits per heavy atom. The molecular formula is C17H29N5O2. The fourth-order valence-corrected chi connectivity index (χ4v) is 3.28. The number of aryl methyl sites for hydroxylation is 1. The van der Waals surface area contributed by atoms with Crippen LogP contribution in [0.25, 0.3) is 0 Å². The first kappa shape index (κ1) is 18.4. The van der Waals surface area contributed by atoms with Crippen molar-refractivity contribution in [1.29, 1.82) is 0 Å². The molecule has 0 unspecified atom stereocenters.